The van der Waals surface area contributed by atoms with Crippen LogP contribution in [0.5, 0.6) is 5.88 Å². The van der Waals surface area contributed by atoms with Crippen LogP contribution in [0.3, 0.4) is 0 Å². The molecule has 0 amide bonds. The summed E-state index contributed by atoms with van der Waals surface area (Å²) in [6.07, 6.45) is 3.73. The zero-order valence-corrected chi connectivity index (χ0v) is 12.1. The number of nitrogens with zero attached hydrogens (tertiary/aromatic N) is 1. The molecule has 19 heavy (non-hydrogen) atoms. The second kappa shape index (κ2) is 5.14. The van der Waals surface area contributed by atoms with Crippen molar-refractivity contribution in [3.05, 3.63) is 17.8 Å². The van der Waals surface area contributed by atoms with E-state index in [9.17, 15) is 5.11 Å². The van der Waals surface area contributed by atoms with Gasteiger partial charge in [0.2, 0.25) is 5.88 Å². The second-order valence-corrected chi connectivity index (χ2v) is 5.99. The fourth-order valence-electron chi connectivity index (χ4n) is 1.68. The summed E-state index contributed by atoms with van der Waals surface area (Å²) < 4.78 is 11.2. The minimum Gasteiger partial charge on any atom is -0.477 e. The molecular formula is C14H21BNO3. The first kappa shape index (κ1) is 14.3. The van der Waals surface area contributed by atoms with Gasteiger partial charge in [-0.2, -0.15) is 0 Å². The second-order valence-electron chi connectivity index (χ2n) is 5.99. The maximum atomic E-state index is 10.0. The van der Waals surface area contributed by atoms with Crippen molar-refractivity contribution in [3.63, 3.8) is 0 Å². The quantitative estimate of drug-likeness (QED) is 0.829. The van der Waals surface area contributed by atoms with E-state index in [-0.39, 0.29) is 0 Å². The lowest BCUT2D eigenvalue weighted by Crippen LogP contribution is -2.49. The lowest BCUT2D eigenvalue weighted by Gasteiger charge is -2.37. The van der Waals surface area contributed by atoms with E-state index in [1.807, 2.05) is 19.9 Å². The van der Waals surface area contributed by atoms with Crippen LogP contribution in [0, 0.1) is 0 Å². The van der Waals surface area contributed by atoms with Gasteiger partial charge in [0.05, 0.1) is 17.8 Å². The van der Waals surface area contributed by atoms with Crippen LogP contribution in [-0.4, -0.2) is 35.4 Å². The highest BCUT2D eigenvalue weighted by molar-refractivity contribution is 6.47. The standard InChI is InChI=1S/C14H21BNO3/c1-13(2,17)14(3,4)19-15-11-8-10-6-5-7-18-12(10)16-9-11/h8-9,17H,5-7H2,1-4H3. The first-order valence-electron chi connectivity index (χ1n) is 6.65. The van der Waals surface area contributed by atoms with E-state index >= 15 is 0 Å². The Balaban J connectivity index is 2.04. The van der Waals surface area contributed by atoms with Crippen molar-refractivity contribution in [1.29, 1.82) is 0 Å². The summed E-state index contributed by atoms with van der Waals surface area (Å²) in [6.45, 7) is 7.93. The van der Waals surface area contributed by atoms with Crippen LogP contribution < -0.4 is 10.2 Å². The van der Waals surface area contributed by atoms with Crippen LogP contribution in [0.2, 0.25) is 0 Å². The molecule has 0 aliphatic carbocycles. The molecule has 1 aromatic heterocycles. The molecule has 1 aromatic rings. The molecule has 0 bridgehead atoms. The average Bonchev–Trinajstić information content (AvgIpc) is 2.35. The van der Waals surface area contributed by atoms with Crippen LogP contribution in [0.1, 0.15) is 39.7 Å². The smallest absolute Gasteiger partial charge is 0.332 e. The number of pyridine rings is 1. The molecule has 1 aliphatic heterocycles. The molecule has 4 nitrogen and oxygen atoms in total. The molecule has 0 atom stereocenters. The normalized spacial score (nSPS) is 15.6. The number of hydrogen-bond acceptors (Lipinski definition) is 4. The summed E-state index contributed by atoms with van der Waals surface area (Å²) in [6, 6.07) is 2.03. The average molecular weight is 262 g/mol. The third-order valence-corrected chi connectivity index (χ3v) is 3.74. The van der Waals surface area contributed by atoms with E-state index in [0.29, 0.717) is 0 Å². The summed E-state index contributed by atoms with van der Waals surface area (Å²) in [4.78, 5) is 4.29. The molecule has 1 radical (unpaired) electrons. The van der Waals surface area contributed by atoms with E-state index in [0.717, 1.165) is 36.4 Å². The molecule has 0 unspecified atom stereocenters. The summed E-state index contributed by atoms with van der Waals surface area (Å²) in [5.74, 6) is 0.727. The topological polar surface area (TPSA) is 51.6 Å². The monoisotopic (exact) mass is 262 g/mol. The van der Waals surface area contributed by atoms with Crippen LogP contribution >= 0.6 is 0 Å². The van der Waals surface area contributed by atoms with Gasteiger partial charge in [-0.3, -0.25) is 0 Å². The van der Waals surface area contributed by atoms with E-state index < -0.39 is 11.2 Å². The van der Waals surface area contributed by atoms with E-state index in [1.54, 1.807) is 27.5 Å². The Morgan fingerprint density at radius 1 is 1.37 bits per heavy atom. The summed E-state index contributed by atoms with van der Waals surface area (Å²) >= 11 is 0. The zero-order valence-electron chi connectivity index (χ0n) is 12.1. The first-order chi connectivity index (χ1) is 8.79. The molecule has 1 N–H and O–H groups in total. The van der Waals surface area contributed by atoms with Crippen molar-refractivity contribution < 1.29 is 14.5 Å². The Kier molecular flexibility index (Phi) is 3.88. The molecule has 0 saturated carbocycles. The van der Waals surface area contributed by atoms with Crippen molar-refractivity contribution in [3.8, 4) is 5.88 Å². The molecular weight excluding hydrogens is 241 g/mol. The number of hydrogen-bond donors (Lipinski definition) is 1. The lowest BCUT2D eigenvalue weighted by atomic mass is 9.82. The van der Waals surface area contributed by atoms with Gasteiger partial charge in [0, 0.05) is 11.8 Å². The Morgan fingerprint density at radius 2 is 2.11 bits per heavy atom. The van der Waals surface area contributed by atoms with Gasteiger partial charge < -0.3 is 14.5 Å². The van der Waals surface area contributed by atoms with Crippen molar-refractivity contribution in [2.45, 2.75) is 51.7 Å². The van der Waals surface area contributed by atoms with Gasteiger partial charge in [0.25, 0.3) is 0 Å². The molecule has 2 rings (SSSR count). The van der Waals surface area contributed by atoms with Gasteiger partial charge in [-0.25, -0.2) is 4.98 Å². The molecule has 0 aromatic carbocycles. The maximum absolute atomic E-state index is 10.0. The van der Waals surface area contributed by atoms with Gasteiger partial charge in [-0.05, 0) is 46.0 Å². The van der Waals surface area contributed by atoms with Crippen molar-refractivity contribution >= 4 is 12.9 Å². The molecule has 5 heteroatoms. The fourth-order valence-corrected chi connectivity index (χ4v) is 1.68. The number of rotatable bonds is 4. The third-order valence-electron chi connectivity index (χ3n) is 3.74. The van der Waals surface area contributed by atoms with Crippen molar-refractivity contribution in [1.82, 2.24) is 4.98 Å². The Bertz CT molecular complexity index is 454. The van der Waals surface area contributed by atoms with Crippen LogP contribution in [0.15, 0.2) is 12.3 Å². The Labute approximate surface area is 115 Å². The zero-order chi connectivity index (χ0) is 14.1. The highest BCUT2D eigenvalue weighted by Gasteiger charge is 2.35. The maximum Gasteiger partial charge on any atom is 0.332 e. The number of ether oxygens (including phenoxy) is 1. The Morgan fingerprint density at radius 3 is 2.79 bits per heavy atom. The van der Waals surface area contributed by atoms with Gasteiger partial charge >= 0.3 is 7.48 Å². The predicted octanol–water partition coefficient (Wildman–Crippen LogP) is 1.22. The van der Waals surface area contributed by atoms with Gasteiger partial charge in [-0.1, -0.05) is 6.07 Å². The van der Waals surface area contributed by atoms with Crippen LogP contribution in [0.4, 0.5) is 0 Å². The largest absolute Gasteiger partial charge is 0.477 e. The SMILES string of the molecule is CC(C)(O)C(C)(C)O[B]c1cnc2c(c1)CCCO2. The highest BCUT2D eigenvalue weighted by atomic mass is 16.5. The fraction of sp³-hybridized carbons (Fsp3) is 0.643. The van der Waals surface area contributed by atoms with Crippen LogP contribution in [-0.2, 0) is 11.1 Å². The summed E-state index contributed by atoms with van der Waals surface area (Å²) in [5, 5.41) is 10.0. The minimum atomic E-state index is -0.922. The molecule has 2 heterocycles. The van der Waals surface area contributed by atoms with E-state index in [1.165, 1.54) is 0 Å². The number of aliphatic hydroxyl groups is 1. The number of aryl methyl sites for hydroxylation is 1. The van der Waals surface area contributed by atoms with Gasteiger partial charge in [0.15, 0.2) is 0 Å². The molecule has 0 saturated heterocycles. The Hall–Kier alpha value is -1.07. The third kappa shape index (κ3) is 3.28. The lowest BCUT2D eigenvalue weighted by molar-refractivity contribution is -0.0893. The van der Waals surface area contributed by atoms with Crippen molar-refractivity contribution in [2.75, 3.05) is 6.61 Å². The predicted molar refractivity (Wildman–Crippen MR) is 74.9 cm³/mol. The van der Waals surface area contributed by atoms with Crippen LogP contribution in [0.25, 0.3) is 0 Å². The summed E-state index contributed by atoms with van der Waals surface area (Å²) in [5.41, 5.74) is 0.416. The van der Waals surface area contributed by atoms with Gasteiger partial charge in [-0.15, -0.1) is 0 Å². The molecule has 1 aliphatic rings. The van der Waals surface area contributed by atoms with Gasteiger partial charge in [0.1, 0.15) is 0 Å². The molecule has 103 valence electrons. The number of aromatic nitrogens is 1. The highest BCUT2D eigenvalue weighted by Crippen LogP contribution is 2.24. The minimum absolute atomic E-state index is 0.667. The van der Waals surface area contributed by atoms with E-state index in [4.69, 9.17) is 9.39 Å². The summed E-state index contributed by atoms with van der Waals surface area (Å²) in [7, 11) is 1.65. The number of fused-ring (bicyclic) bond motifs is 1. The molecule has 0 spiro atoms. The van der Waals surface area contributed by atoms with Crippen molar-refractivity contribution in [2.24, 2.45) is 0 Å². The first-order valence-corrected chi connectivity index (χ1v) is 6.65. The van der Waals surface area contributed by atoms with E-state index in [2.05, 4.69) is 4.98 Å². The molecule has 0 fully saturated rings.